The maximum atomic E-state index is 15.2. The first-order chi connectivity index (χ1) is 32.7. The number of aliphatic hydroxyl groups is 2. The normalized spacial score (nSPS) is 22.1. The van der Waals surface area contributed by atoms with Gasteiger partial charge in [0.2, 0.25) is 5.79 Å². The van der Waals surface area contributed by atoms with Crippen LogP contribution in [0.1, 0.15) is 72.3 Å². The molecular formula is C53H55N3O11. The summed E-state index contributed by atoms with van der Waals surface area (Å²) >= 11 is 0. The van der Waals surface area contributed by atoms with Crippen molar-refractivity contribution < 1.29 is 48.5 Å². The Morgan fingerprint density at radius 2 is 1.66 bits per heavy atom. The molecule has 1 amide bonds. The van der Waals surface area contributed by atoms with Gasteiger partial charge >= 0.3 is 6.09 Å². The zero-order valence-corrected chi connectivity index (χ0v) is 37.4. The molecular weight excluding hydrogens is 855 g/mol. The maximum absolute atomic E-state index is 15.2. The molecule has 6 atom stereocenters. The van der Waals surface area contributed by atoms with Gasteiger partial charge in [-0.2, -0.15) is 0 Å². The van der Waals surface area contributed by atoms with Crippen LogP contribution >= 0.6 is 0 Å². The van der Waals surface area contributed by atoms with Gasteiger partial charge < -0.3 is 34.0 Å². The molecule has 0 spiro atoms. The number of nitro groups is 1. The number of ether oxygens (including phenoxy) is 4. The van der Waals surface area contributed by atoms with E-state index in [0.717, 1.165) is 59.4 Å². The number of nitro benzene ring substituents is 1. The van der Waals surface area contributed by atoms with Crippen LogP contribution in [0.4, 0.5) is 10.5 Å². The standard InChI is InChI=1S/C53H55N3O11/c1-3-28-64-53-49(55(33-38-16-11-15-36-13-4-5-18-43(36)38)52(60)66-40-22-20-39(21-23-40)56(61)62)32-47(54-63-2)45-30-37(14-6-8-26-57)44(19-7-9-27-58)50(51(45)53)46-31-42(24-25-48(46)67-53)65-41-17-10-12-35(29-41)34-59/h3-5,10-13,15-18,20-25,29-31,34,37,44,49-51,57-58H,1,6-9,14,19,26-28,32-33H2,2H3. The highest BCUT2D eigenvalue weighted by molar-refractivity contribution is 6.03. The minimum Gasteiger partial charge on any atom is -0.459 e. The number of aliphatic hydroxyl groups excluding tert-OH is 2. The van der Waals surface area contributed by atoms with Crippen molar-refractivity contribution in [2.24, 2.45) is 22.9 Å². The highest BCUT2D eigenvalue weighted by atomic mass is 16.7. The lowest BCUT2D eigenvalue weighted by molar-refractivity contribution is -0.384. The minimum atomic E-state index is -1.60. The van der Waals surface area contributed by atoms with E-state index in [4.69, 9.17) is 28.9 Å². The number of hydrogen-bond donors (Lipinski definition) is 2. The number of fused-ring (bicyclic) bond motifs is 3. The van der Waals surface area contributed by atoms with Crippen molar-refractivity contribution in [3.63, 3.8) is 0 Å². The van der Waals surface area contributed by atoms with Gasteiger partial charge in [-0.3, -0.25) is 19.8 Å². The van der Waals surface area contributed by atoms with E-state index in [1.807, 2.05) is 54.6 Å². The molecule has 14 nitrogen and oxygen atoms in total. The molecule has 0 saturated heterocycles. The molecule has 1 aliphatic heterocycles. The highest BCUT2D eigenvalue weighted by Crippen LogP contribution is 2.62. The number of amides is 1. The summed E-state index contributed by atoms with van der Waals surface area (Å²) in [5, 5.41) is 38.1. The summed E-state index contributed by atoms with van der Waals surface area (Å²) in [5.41, 5.74) is 3.44. The largest absolute Gasteiger partial charge is 0.459 e. The Hall–Kier alpha value is -6.87. The van der Waals surface area contributed by atoms with Crippen molar-refractivity contribution in [2.45, 2.75) is 69.2 Å². The maximum Gasteiger partial charge on any atom is 0.416 e. The lowest BCUT2D eigenvalue weighted by atomic mass is 9.55. The number of non-ortho nitro benzene ring substituents is 1. The number of benzene rings is 5. The fraction of sp³-hybridized carbons (Fsp3) is 0.340. The number of rotatable bonds is 20. The fourth-order valence-corrected chi connectivity index (χ4v) is 10.3. The van der Waals surface area contributed by atoms with E-state index in [1.165, 1.54) is 31.4 Å². The Bertz CT molecular complexity index is 2640. The zero-order valence-electron chi connectivity index (χ0n) is 37.4. The number of hydrogen-bond acceptors (Lipinski definition) is 12. The van der Waals surface area contributed by atoms with Crippen LogP contribution in [0.2, 0.25) is 0 Å². The summed E-state index contributed by atoms with van der Waals surface area (Å²) in [6, 6.07) is 30.8. The number of allylic oxidation sites excluding steroid dienone is 1. The number of carbonyl (C=O) groups excluding carboxylic acids is 2. The summed E-state index contributed by atoms with van der Waals surface area (Å²) in [7, 11) is 1.49. The van der Waals surface area contributed by atoms with Gasteiger partial charge in [0.05, 0.1) is 29.7 Å². The molecule has 67 heavy (non-hydrogen) atoms. The van der Waals surface area contributed by atoms with E-state index in [9.17, 15) is 25.1 Å². The van der Waals surface area contributed by atoms with Crippen LogP contribution in [0.3, 0.4) is 0 Å². The molecule has 0 aromatic heterocycles. The lowest BCUT2D eigenvalue weighted by Gasteiger charge is -2.59. The molecule has 2 aliphatic carbocycles. The Morgan fingerprint density at radius 1 is 0.925 bits per heavy atom. The van der Waals surface area contributed by atoms with Crippen LogP contribution in [-0.2, 0) is 16.1 Å². The quantitative estimate of drug-likeness (QED) is 0.0249. The number of carbonyl (C=O) groups is 2. The summed E-state index contributed by atoms with van der Waals surface area (Å²) < 4.78 is 27.1. The topological polar surface area (TPSA) is 179 Å². The van der Waals surface area contributed by atoms with Crippen LogP contribution in [0.15, 0.2) is 139 Å². The smallest absolute Gasteiger partial charge is 0.416 e. The first-order valence-corrected chi connectivity index (χ1v) is 22.8. The Balaban J connectivity index is 1.34. The lowest BCUT2D eigenvalue weighted by Crippen LogP contribution is -2.70. The van der Waals surface area contributed by atoms with Crippen molar-refractivity contribution in [1.82, 2.24) is 4.90 Å². The van der Waals surface area contributed by atoms with Gasteiger partial charge in [-0.15, -0.1) is 6.58 Å². The molecule has 14 heteroatoms. The van der Waals surface area contributed by atoms with E-state index >= 15 is 4.79 Å². The highest BCUT2D eigenvalue weighted by Gasteiger charge is 2.65. The molecule has 0 radical (unpaired) electrons. The van der Waals surface area contributed by atoms with E-state index in [-0.39, 0.29) is 62.0 Å². The van der Waals surface area contributed by atoms with Gasteiger partial charge in [-0.25, -0.2) is 4.79 Å². The summed E-state index contributed by atoms with van der Waals surface area (Å²) in [6.45, 7) is 4.21. The average Bonchev–Trinajstić information content (AvgIpc) is 3.34. The van der Waals surface area contributed by atoms with E-state index in [1.54, 1.807) is 41.3 Å². The number of aldehydes is 1. The van der Waals surface area contributed by atoms with Crippen molar-refractivity contribution in [2.75, 3.05) is 26.9 Å². The third-order valence-corrected chi connectivity index (χ3v) is 13.2. The number of oxime groups is 1. The van der Waals surface area contributed by atoms with Crippen LogP contribution < -0.4 is 14.2 Å². The first kappa shape index (κ1) is 46.7. The zero-order chi connectivity index (χ0) is 46.9. The molecule has 2 N–H and O–H groups in total. The van der Waals surface area contributed by atoms with Gasteiger partial charge in [0.1, 0.15) is 42.4 Å². The van der Waals surface area contributed by atoms with Crippen LogP contribution in [-0.4, -0.2) is 76.9 Å². The van der Waals surface area contributed by atoms with E-state index < -0.39 is 28.8 Å². The second-order valence-electron chi connectivity index (χ2n) is 17.1. The molecule has 5 aromatic rings. The molecule has 5 aromatic carbocycles. The molecule has 3 aliphatic rings. The molecule has 0 bridgehead atoms. The van der Waals surface area contributed by atoms with Crippen molar-refractivity contribution in [1.29, 1.82) is 0 Å². The second-order valence-corrected chi connectivity index (χ2v) is 17.1. The predicted octanol–water partition coefficient (Wildman–Crippen LogP) is 10.3. The van der Waals surface area contributed by atoms with Crippen molar-refractivity contribution in [3.05, 3.63) is 160 Å². The SMILES string of the molecule is C=CCOC12Oc3ccc(Oc4cccc(C=O)c4)cc3C3C(CCCCO)C(CCCCO)C=C(C(=NOC)CC1N(Cc1cccc4ccccc14)C(=O)Oc1ccc([N+](=O)[O-])cc1)C32. The predicted molar refractivity (Wildman–Crippen MR) is 252 cm³/mol. The van der Waals surface area contributed by atoms with Gasteiger partial charge in [-0.05, 0) is 102 Å². The number of nitrogens with zero attached hydrogens (tertiary/aromatic N) is 3. The Morgan fingerprint density at radius 3 is 2.40 bits per heavy atom. The third kappa shape index (κ3) is 9.83. The average molecular weight is 910 g/mol. The van der Waals surface area contributed by atoms with E-state index in [2.05, 4.69) is 12.7 Å². The van der Waals surface area contributed by atoms with Gasteiger partial charge in [0.25, 0.3) is 5.69 Å². The van der Waals surface area contributed by atoms with Crippen LogP contribution in [0.5, 0.6) is 23.0 Å². The monoisotopic (exact) mass is 909 g/mol. The summed E-state index contributed by atoms with van der Waals surface area (Å²) in [4.78, 5) is 45.2. The number of unbranched alkanes of at least 4 members (excludes halogenated alkanes) is 2. The summed E-state index contributed by atoms with van der Waals surface area (Å²) in [5.74, 6) is -0.981. The Kier molecular flexibility index (Phi) is 14.7. The molecule has 8 rings (SSSR count). The van der Waals surface area contributed by atoms with Gasteiger partial charge in [0, 0.05) is 48.8 Å². The van der Waals surface area contributed by atoms with E-state index in [0.29, 0.717) is 41.4 Å². The Labute approximate surface area is 389 Å². The molecule has 6 unspecified atom stereocenters. The minimum absolute atomic E-state index is 0.00381. The molecule has 1 heterocycles. The molecule has 1 fully saturated rings. The van der Waals surface area contributed by atoms with Crippen molar-refractivity contribution >= 4 is 34.6 Å². The second kappa shape index (κ2) is 21.2. The molecule has 348 valence electrons. The van der Waals surface area contributed by atoms with Gasteiger partial charge in [-0.1, -0.05) is 84.7 Å². The summed E-state index contributed by atoms with van der Waals surface area (Å²) in [6.07, 6.45) is 8.24. The van der Waals surface area contributed by atoms with Crippen molar-refractivity contribution in [3.8, 4) is 23.0 Å². The third-order valence-electron chi connectivity index (χ3n) is 13.2. The fourth-order valence-electron chi connectivity index (χ4n) is 10.3. The molecule has 1 saturated carbocycles. The van der Waals surface area contributed by atoms with Crippen LogP contribution in [0.25, 0.3) is 10.8 Å². The van der Waals surface area contributed by atoms with Crippen LogP contribution in [0, 0.1) is 27.9 Å². The van der Waals surface area contributed by atoms with Gasteiger partial charge in [0.15, 0.2) is 0 Å². The first-order valence-electron chi connectivity index (χ1n) is 22.8.